The van der Waals surface area contributed by atoms with Crippen LogP contribution in [0.15, 0.2) is 71.7 Å². The van der Waals surface area contributed by atoms with Crippen molar-refractivity contribution in [2.24, 2.45) is 4.99 Å². The van der Waals surface area contributed by atoms with E-state index in [0.29, 0.717) is 5.56 Å². The molecule has 0 unspecified atom stereocenters. The van der Waals surface area contributed by atoms with Crippen molar-refractivity contribution in [3.05, 3.63) is 83.4 Å². The second-order valence-electron chi connectivity index (χ2n) is 5.71. The number of rotatable bonds is 3. The van der Waals surface area contributed by atoms with Gasteiger partial charge in [0.15, 0.2) is 0 Å². The summed E-state index contributed by atoms with van der Waals surface area (Å²) in [6, 6.07) is 21.8. The number of benzene rings is 3. The van der Waals surface area contributed by atoms with Gasteiger partial charge in [-0.1, -0.05) is 48.5 Å². The van der Waals surface area contributed by atoms with E-state index < -0.39 is 0 Å². The van der Waals surface area contributed by atoms with E-state index in [2.05, 4.69) is 24.9 Å². The lowest BCUT2D eigenvalue weighted by Crippen LogP contribution is -1.86. The number of aliphatic imine (C=N–C) groups is 1. The van der Waals surface area contributed by atoms with E-state index in [9.17, 15) is 5.11 Å². The summed E-state index contributed by atoms with van der Waals surface area (Å²) in [5.74, 6) is 0.256. The molecule has 3 rings (SSSR count). The molecule has 0 aliphatic carbocycles. The Bertz CT molecular complexity index is 831. The Hall–Kier alpha value is -2.87. The predicted octanol–water partition coefficient (Wildman–Crippen LogP) is 5.43. The SMILES string of the molecule is Cc1cc(C)cc(N=Cc2cccc(-c3ccccc3)c2O)c1. The molecule has 0 fully saturated rings. The number of para-hydroxylation sites is 1. The maximum atomic E-state index is 10.5. The van der Waals surface area contributed by atoms with Gasteiger partial charge in [-0.25, -0.2) is 0 Å². The van der Waals surface area contributed by atoms with Gasteiger partial charge >= 0.3 is 0 Å². The first-order valence-electron chi connectivity index (χ1n) is 7.63. The van der Waals surface area contributed by atoms with Crippen molar-refractivity contribution in [2.75, 3.05) is 0 Å². The second kappa shape index (κ2) is 6.49. The van der Waals surface area contributed by atoms with Crippen molar-refractivity contribution in [1.29, 1.82) is 0 Å². The fourth-order valence-corrected chi connectivity index (χ4v) is 2.69. The van der Waals surface area contributed by atoms with Gasteiger partial charge in [-0.15, -0.1) is 0 Å². The highest BCUT2D eigenvalue weighted by Gasteiger charge is 2.07. The molecule has 0 radical (unpaired) electrons. The number of hydrogen-bond donors (Lipinski definition) is 1. The Morgan fingerprint density at radius 3 is 2.22 bits per heavy atom. The molecule has 0 spiro atoms. The third kappa shape index (κ3) is 3.49. The molecule has 1 N–H and O–H groups in total. The summed E-state index contributed by atoms with van der Waals surface area (Å²) >= 11 is 0. The highest BCUT2D eigenvalue weighted by molar-refractivity contribution is 5.89. The molecule has 2 heteroatoms. The average molecular weight is 301 g/mol. The molecule has 114 valence electrons. The van der Waals surface area contributed by atoms with Crippen molar-refractivity contribution < 1.29 is 5.11 Å². The summed E-state index contributed by atoms with van der Waals surface area (Å²) in [6.07, 6.45) is 1.72. The molecular weight excluding hydrogens is 282 g/mol. The largest absolute Gasteiger partial charge is 0.507 e. The van der Waals surface area contributed by atoms with E-state index in [1.54, 1.807) is 6.21 Å². The average Bonchev–Trinajstić information content (AvgIpc) is 2.54. The van der Waals surface area contributed by atoms with E-state index in [4.69, 9.17) is 0 Å². The van der Waals surface area contributed by atoms with Crippen LogP contribution in [0.2, 0.25) is 0 Å². The molecule has 0 heterocycles. The van der Waals surface area contributed by atoms with Gasteiger partial charge in [0.25, 0.3) is 0 Å². The van der Waals surface area contributed by atoms with Gasteiger partial charge in [-0.05, 0) is 48.7 Å². The lowest BCUT2D eigenvalue weighted by atomic mass is 10.0. The molecule has 23 heavy (non-hydrogen) atoms. The minimum absolute atomic E-state index is 0.256. The Balaban J connectivity index is 1.96. The normalized spacial score (nSPS) is 11.0. The fourth-order valence-electron chi connectivity index (χ4n) is 2.69. The van der Waals surface area contributed by atoms with Crippen LogP contribution in [0.3, 0.4) is 0 Å². The van der Waals surface area contributed by atoms with Crippen LogP contribution < -0.4 is 0 Å². The van der Waals surface area contributed by atoms with Gasteiger partial charge < -0.3 is 5.11 Å². The number of aromatic hydroxyl groups is 1. The van der Waals surface area contributed by atoms with E-state index in [1.807, 2.05) is 60.7 Å². The Kier molecular flexibility index (Phi) is 4.24. The summed E-state index contributed by atoms with van der Waals surface area (Å²) in [5, 5.41) is 10.5. The van der Waals surface area contributed by atoms with Crippen molar-refractivity contribution in [2.45, 2.75) is 13.8 Å². The monoisotopic (exact) mass is 301 g/mol. The van der Waals surface area contributed by atoms with Crippen molar-refractivity contribution >= 4 is 11.9 Å². The third-order valence-electron chi connectivity index (χ3n) is 3.71. The Morgan fingerprint density at radius 2 is 1.52 bits per heavy atom. The van der Waals surface area contributed by atoms with E-state index in [1.165, 1.54) is 11.1 Å². The number of phenols is 1. The maximum Gasteiger partial charge on any atom is 0.132 e. The van der Waals surface area contributed by atoms with Crippen LogP contribution in [-0.4, -0.2) is 11.3 Å². The van der Waals surface area contributed by atoms with Crippen LogP contribution in [-0.2, 0) is 0 Å². The van der Waals surface area contributed by atoms with E-state index in [0.717, 1.165) is 16.8 Å². The van der Waals surface area contributed by atoms with Gasteiger partial charge in [0.1, 0.15) is 5.75 Å². The fraction of sp³-hybridized carbons (Fsp3) is 0.0952. The summed E-state index contributed by atoms with van der Waals surface area (Å²) in [7, 11) is 0. The molecule has 2 nitrogen and oxygen atoms in total. The van der Waals surface area contributed by atoms with Crippen LogP contribution in [0.4, 0.5) is 5.69 Å². The van der Waals surface area contributed by atoms with Crippen LogP contribution in [0.5, 0.6) is 5.75 Å². The molecule has 3 aromatic rings. The number of hydrogen-bond acceptors (Lipinski definition) is 2. The molecule has 0 bridgehead atoms. The number of nitrogens with zero attached hydrogens (tertiary/aromatic N) is 1. The minimum atomic E-state index is 0.256. The molecule has 0 amide bonds. The first-order valence-corrected chi connectivity index (χ1v) is 7.63. The van der Waals surface area contributed by atoms with Gasteiger partial charge in [-0.3, -0.25) is 4.99 Å². The zero-order valence-electron chi connectivity index (χ0n) is 13.3. The minimum Gasteiger partial charge on any atom is -0.507 e. The van der Waals surface area contributed by atoms with Crippen molar-refractivity contribution in [3.8, 4) is 16.9 Å². The topological polar surface area (TPSA) is 32.6 Å². The molecule has 0 atom stereocenters. The quantitative estimate of drug-likeness (QED) is 0.643. The van der Waals surface area contributed by atoms with Gasteiger partial charge in [-0.2, -0.15) is 0 Å². The molecule has 0 aromatic heterocycles. The first-order chi connectivity index (χ1) is 11.1. The van der Waals surface area contributed by atoms with E-state index >= 15 is 0 Å². The van der Waals surface area contributed by atoms with Gasteiger partial charge in [0.2, 0.25) is 0 Å². The smallest absolute Gasteiger partial charge is 0.132 e. The van der Waals surface area contributed by atoms with Gasteiger partial charge in [0, 0.05) is 17.3 Å². The molecular formula is C21H19NO. The van der Waals surface area contributed by atoms with Gasteiger partial charge in [0.05, 0.1) is 5.69 Å². The summed E-state index contributed by atoms with van der Waals surface area (Å²) in [6.45, 7) is 4.11. The van der Waals surface area contributed by atoms with E-state index in [-0.39, 0.29) is 5.75 Å². The highest BCUT2D eigenvalue weighted by atomic mass is 16.3. The zero-order chi connectivity index (χ0) is 16.2. The summed E-state index contributed by atoms with van der Waals surface area (Å²) in [4.78, 5) is 4.51. The molecule has 0 saturated heterocycles. The highest BCUT2D eigenvalue weighted by Crippen LogP contribution is 2.31. The summed E-state index contributed by atoms with van der Waals surface area (Å²) < 4.78 is 0. The molecule has 0 aliphatic rings. The first kappa shape index (κ1) is 15.0. The van der Waals surface area contributed by atoms with Crippen LogP contribution >= 0.6 is 0 Å². The molecule has 0 aliphatic heterocycles. The Morgan fingerprint density at radius 1 is 0.826 bits per heavy atom. The predicted molar refractivity (Wildman–Crippen MR) is 96.7 cm³/mol. The molecule has 3 aromatic carbocycles. The number of phenolic OH excluding ortho intramolecular Hbond substituents is 1. The van der Waals surface area contributed by atoms with Crippen molar-refractivity contribution in [3.63, 3.8) is 0 Å². The Labute approximate surface area is 136 Å². The standard InChI is InChI=1S/C21H19NO/c1-15-11-16(2)13-19(12-15)22-14-18-9-6-10-20(21(18)23)17-7-4-3-5-8-17/h3-14,23H,1-2H3. The zero-order valence-corrected chi connectivity index (χ0v) is 13.3. The van der Waals surface area contributed by atoms with Crippen LogP contribution in [0.1, 0.15) is 16.7 Å². The lowest BCUT2D eigenvalue weighted by molar-refractivity contribution is 0.476. The second-order valence-corrected chi connectivity index (χ2v) is 5.71. The van der Waals surface area contributed by atoms with Crippen molar-refractivity contribution in [1.82, 2.24) is 0 Å². The van der Waals surface area contributed by atoms with Crippen LogP contribution in [0.25, 0.3) is 11.1 Å². The number of aryl methyl sites for hydroxylation is 2. The lowest BCUT2D eigenvalue weighted by Gasteiger charge is -2.07. The summed E-state index contributed by atoms with van der Waals surface area (Å²) in [5.41, 5.74) is 5.78. The van der Waals surface area contributed by atoms with Crippen LogP contribution in [0, 0.1) is 13.8 Å². The third-order valence-corrected chi connectivity index (χ3v) is 3.71. The molecule has 0 saturated carbocycles. The maximum absolute atomic E-state index is 10.5.